The average molecular weight is 125 g/mol. The number of allylic oxidation sites excluding steroid dienone is 1. The van der Waals surface area contributed by atoms with Crippen molar-refractivity contribution in [3.63, 3.8) is 0 Å². The average Bonchev–Trinajstić information content (AvgIpc) is 1.87. The molecule has 3 unspecified atom stereocenters. The Balaban J connectivity index is 2.32. The highest BCUT2D eigenvalue weighted by atomic mass is 14.9. The van der Waals surface area contributed by atoms with Gasteiger partial charge in [0.2, 0.25) is 0 Å². The summed E-state index contributed by atoms with van der Waals surface area (Å²) in [7, 11) is 2.03. The summed E-state index contributed by atoms with van der Waals surface area (Å²) in [4.78, 5) is 0. The third-order valence-corrected chi connectivity index (χ3v) is 2.51. The van der Waals surface area contributed by atoms with Crippen molar-refractivity contribution >= 4 is 0 Å². The van der Waals surface area contributed by atoms with Gasteiger partial charge in [0, 0.05) is 6.04 Å². The van der Waals surface area contributed by atoms with Gasteiger partial charge in [0.05, 0.1) is 0 Å². The number of nitrogens with one attached hydrogen (secondary N) is 1. The maximum Gasteiger partial charge on any atom is 0.0101 e. The predicted molar refractivity (Wildman–Crippen MR) is 40.3 cm³/mol. The molecule has 0 radical (unpaired) electrons. The first-order valence-corrected chi connectivity index (χ1v) is 3.59. The van der Waals surface area contributed by atoms with Crippen LogP contribution < -0.4 is 5.32 Å². The van der Waals surface area contributed by atoms with Crippen LogP contribution in [0.25, 0.3) is 0 Å². The van der Waals surface area contributed by atoms with E-state index in [0.717, 1.165) is 17.9 Å². The van der Waals surface area contributed by atoms with Gasteiger partial charge in [-0.2, -0.15) is 0 Å². The second kappa shape index (κ2) is 2.53. The van der Waals surface area contributed by atoms with Gasteiger partial charge in [0.25, 0.3) is 0 Å². The summed E-state index contributed by atoms with van der Waals surface area (Å²) in [6.07, 6.45) is 3.35. The topological polar surface area (TPSA) is 12.0 Å². The Labute approximate surface area is 57.1 Å². The molecular formula is C8H15N. The maximum atomic E-state index is 3.77. The molecular weight excluding hydrogens is 110 g/mol. The molecule has 0 heterocycles. The summed E-state index contributed by atoms with van der Waals surface area (Å²) in [6, 6.07) is 0.744. The third kappa shape index (κ3) is 1.01. The van der Waals surface area contributed by atoms with Gasteiger partial charge in [-0.05, 0) is 25.3 Å². The monoisotopic (exact) mass is 125 g/mol. The summed E-state index contributed by atoms with van der Waals surface area (Å²) in [5, 5.41) is 3.27. The summed E-state index contributed by atoms with van der Waals surface area (Å²) in [5.74, 6) is 1.56. The van der Waals surface area contributed by atoms with Gasteiger partial charge in [-0.1, -0.05) is 13.0 Å². The van der Waals surface area contributed by atoms with Gasteiger partial charge in [-0.25, -0.2) is 0 Å². The van der Waals surface area contributed by atoms with Gasteiger partial charge in [-0.3, -0.25) is 0 Å². The standard InChI is InChI=1S/C8H15N/c1-4-7-5-8(9-3)6(7)2/h4,6-9H,1,5H2,2-3H3. The number of hydrogen-bond donors (Lipinski definition) is 1. The van der Waals surface area contributed by atoms with E-state index in [4.69, 9.17) is 0 Å². The number of rotatable bonds is 2. The van der Waals surface area contributed by atoms with E-state index in [0.29, 0.717) is 0 Å². The Morgan fingerprint density at radius 3 is 2.67 bits per heavy atom. The zero-order chi connectivity index (χ0) is 6.85. The molecule has 0 amide bonds. The fourth-order valence-electron chi connectivity index (χ4n) is 1.52. The molecule has 1 rings (SSSR count). The van der Waals surface area contributed by atoms with Crippen LogP contribution in [-0.2, 0) is 0 Å². The van der Waals surface area contributed by atoms with Gasteiger partial charge >= 0.3 is 0 Å². The predicted octanol–water partition coefficient (Wildman–Crippen LogP) is 1.42. The molecule has 0 aromatic heterocycles. The Bertz CT molecular complexity index is 109. The van der Waals surface area contributed by atoms with Gasteiger partial charge < -0.3 is 5.32 Å². The molecule has 0 saturated heterocycles. The fraction of sp³-hybridized carbons (Fsp3) is 0.750. The van der Waals surface area contributed by atoms with Crippen molar-refractivity contribution in [3.05, 3.63) is 12.7 Å². The summed E-state index contributed by atoms with van der Waals surface area (Å²) >= 11 is 0. The van der Waals surface area contributed by atoms with E-state index in [1.54, 1.807) is 0 Å². The molecule has 1 nitrogen and oxygen atoms in total. The van der Waals surface area contributed by atoms with E-state index < -0.39 is 0 Å². The van der Waals surface area contributed by atoms with Crippen LogP contribution >= 0.6 is 0 Å². The molecule has 0 aromatic carbocycles. The quantitative estimate of drug-likeness (QED) is 0.550. The lowest BCUT2D eigenvalue weighted by Crippen LogP contribution is -2.46. The van der Waals surface area contributed by atoms with Crippen molar-refractivity contribution < 1.29 is 0 Å². The van der Waals surface area contributed by atoms with Crippen LogP contribution in [0.1, 0.15) is 13.3 Å². The Morgan fingerprint density at radius 2 is 2.33 bits per heavy atom. The largest absolute Gasteiger partial charge is 0.317 e. The first-order chi connectivity index (χ1) is 4.29. The zero-order valence-corrected chi connectivity index (χ0v) is 6.22. The molecule has 0 aliphatic heterocycles. The lowest BCUT2D eigenvalue weighted by molar-refractivity contribution is 0.171. The molecule has 0 bridgehead atoms. The second-order valence-electron chi connectivity index (χ2n) is 2.89. The van der Waals surface area contributed by atoms with E-state index in [1.807, 2.05) is 7.05 Å². The van der Waals surface area contributed by atoms with Crippen LogP contribution in [0.15, 0.2) is 12.7 Å². The molecule has 3 atom stereocenters. The minimum Gasteiger partial charge on any atom is -0.317 e. The summed E-state index contributed by atoms with van der Waals surface area (Å²) in [6.45, 7) is 6.05. The van der Waals surface area contributed by atoms with Gasteiger partial charge in [-0.15, -0.1) is 6.58 Å². The SMILES string of the molecule is C=CC1CC(NC)C1C. The zero-order valence-electron chi connectivity index (χ0n) is 6.22. The van der Waals surface area contributed by atoms with E-state index >= 15 is 0 Å². The highest BCUT2D eigenvalue weighted by Gasteiger charge is 2.33. The molecule has 52 valence electrons. The van der Waals surface area contributed by atoms with Crippen molar-refractivity contribution in [1.29, 1.82) is 0 Å². The highest BCUT2D eigenvalue weighted by molar-refractivity contribution is 4.99. The second-order valence-corrected chi connectivity index (χ2v) is 2.89. The van der Waals surface area contributed by atoms with E-state index in [2.05, 4.69) is 24.9 Å². The van der Waals surface area contributed by atoms with Crippen molar-refractivity contribution in [3.8, 4) is 0 Å². The summed E-state index contributed by atoms with van der Waals surface area (Å²) < 4.78 is 0. The van der Waals surface area contributed by atoms with E-state index in [1.165, 1.54) is 6.42 Å². The normalized spacial score (nSPS) is 41.8. The first kappa shape index (κ1) is 6.81. The highest BCUT2D eigenvalue weighted by Crippen LogP contribution is 2.34. The van der Waals surface area contributed by atoms with E-state index in [-0.39, 0.29) is 0 Å². The minimum atomic E-state index is 0.744. The molecule has 0 spiro atoms. The maximum absolute atomic E-state index is 3.77. The first-order valence-electron chi connectivity index (χ1n) is 3.59. The van der Waals surface area contributed by atoms with Crippen LogP contribution in [-0.4, -0.2) is 13.1 Å². The Morgan fingerprint density at radius 1 is 1.67 bits per heavy atom. The molecule has 9 heavy (non-hydrogen) atoms. The summed E-state index contributed by atoms with van der Waals surface area (Å²) in [5.41, 5.74) is 0. The molecule has 1 aliphatic carbocycles. The van der Waals surface area contributed by atoms with E-state index in [9.17, 15) is 0 Å². The van der Waals surface area contributed by atoms with Crippen LogP contribution in [0.5, 0.6) is 0 Å². The van der Waals surface area contributed by atoms with Crippen LogP contribution in [0.3, 0.4) is 0 Å². The van der Waals surface area contributed by atoms with Crippen LogP contribution in [0, 0.1) is 11.8 Å². The molecule has 1 N–H and O–H groups in total. The molecule has 0 aromatic rings. The lowest BCUT2D eigenvalue weighted by atomic mass is 9.70. The Hall–Kier alpha value is -0.300. The fourth-order valence-corrected chi connectivity index (χ4v) is 1.52. The third-order valence-electron chi connectivity index (χ3n) is 2.51. The Kier molecular flexibility index (Phi) is 1.91. The van der Waals surface area contributed by atoms with Crippen molar-refractivity contribution in [2.75, 3.05) is 7.05 Å². The van der Waals surface area contributed by atoms with Crippen LogP contribution in [0.2, 0.25) is 0 Å². The van der Waals surface area contributed by atoms with Crippen LogP contribution in [0.4, 0.5) is 0 Å². The lowest BCUT2D eigenvalue weighted by Gasteiger charge is -2.40. The molecule has 1 heteroatoms. The van der Waals surface area contributed by atoms with Gasteiger partial charge in [0.15, 0.2) is 0 Å². The van der Waals surface area contributed by atoms with Gasteiger partial charge in [0.1, 0.15) is 0 Å². The van der Waals surface area contributed by atoms with Crippen molar-refractivity contribution in [2.24, 2.45) is 11.8 Å². The minimum absolute atomic E-state index is 0.744. The molecule has 1 aliphatic rings. The van der Waals surface area contributed by atoms with Crippen molar-refractivity contribution in [2.45, 2.75) is 19.4 Å². The number of hydrogen-bond acceptors (Lipinski definition) is 1. The molecule has 1 saturated carbocycles. The molecule has 1 fully saturated rings. The van der Waals surface area contributed by atoms with Crippen molar-refractivity contribution in [1.82, 2.24) is 5.32 Å². The smallest absolute Gasteiger partial charge is 0.0101 e.